The third kappa shape index (κ3) is 4.56. The van der Waals surface area contributed by atoms with Crippen LogP contribution in [0.1, 0.15) is 52.9 Å². The van der Waals surface area contributed by atoms with Crippen molar-refractivity contribution in [3.8, 4) is 0 Å². The lowest BCUT2D eigenvalue weighted by Gasteiger charge is -2.34. The molecule has 7 heteroatoms. The highest BCUT2D eigenvalue weighted by atomic mass is 32.2. The Hall–Kier alpha value is -1.37. The third-order valence-electron chi connectivity index (χ3n) is 4.21. The summed E-state index contributed by atoms with van der Waals surface area (Å²) < 4.78 is 0. The summed E-state index contributed by atoms with van der Waals surface area (Å²) in [6.45, 7) is 6.81. The average molecular weight is 325 g/mol. The number of rotatable bonds is 3. The predicted molar refractivity (Wildman–Crippen MR) is 88.1 cm³/mol. The quantitative estimate of drug-likeness (QED) is 0.780. The normalized spacial score (nSPS) is 27.9. The van der Waals surface area contributed by atoms with Gasteiger partial charge in [0.05, 0.1) is 6.42 Å². The van der Waals surface area contributed by atoms with Crippen molar-refractivity contribution in [2.24, 2.45) is 21.5 Å². The molecular formula is C15H23N3O3S. The van der Waals surface area contributed by atoms with Gasteiger partial charge in [0.25, 0.3) is 0 Å². The van der Waals surface area contributed by atoms with E-state index >= 15 is 0 Å². The number of amides is 1. The number of aliphatic carboxylic acids is 1. The van der Waals surface area contributed by atoms with Crippen molar-refractivity contribution in [3.63, 3.8) is 0 Å². The average Bonchev–Trinajstić information content (AvgIpc) is 2.76. The van der Waals surface area contributed by atoms with Crippen molar-refractivity contribution >= 4 is 34.5 Å². The highest BCUT2D eigenvalue weighted by molar-refractivity contribution is 8.15. The zero-order valence-corrected chi connectivity index (χ0v) is 14.1. The van der Waals surface area contributed by atoms with Gasteiger partial charge in [-0.2, -0.15) is 5.10 Å². The number of hydrogen-bond donors (Lipinski definition) is 2. The zero-order valence-electron chi connectivity index (χ0n) is 13.3. The van der Waals surface area contributed by atoms with Crippen LogP contribution in [-0.4, -0.2) is 33.1 Å². The Balaban J connectivity index is 1.90. The topological polar surface area (TPSA) is 91.1 Å². The molecule has 2 fully saturated rings. The number of nitrogens with one attached hydrogen (secondary N) is 1. The number of hydrogen-bond acceptors (Lipinski definition) is 5. The molecule has 22 heavy (non-hydrogen) atoms. The zero-order chi connectivity index (χ0) is 16.3. The molecule has 1 saturated heterocycles. The summed E-state index contributed by atoms with van der Waals surface area (Å²) in [5.41, 5.74) is 1.39. The summed E-state index contributed by atoms with van der Waals surface area (Å²) >= 11 is 1.14. The van der Waals surface area contributed by atoms with Gasteiger partial charge in [0.15, 0.2) is 5.17 Å². The first-order chi connectivity index (χ1) is 10.3. The van der Waals surface area contributed by atoms with Crippen LogP contribution in [0.3, 0.4) is 0 Å². The van der Waals surface area contributed by atoms with Crippen LogP contribution in [0.25, 0.3) is 0 Å². The molecule has 0 aromatic heterocycles. The minimum Gasteiger partial charge on any atom is -0.481 e. The SMILES string of the molecule is CC(C)(C)C1CCC(=NN=C2NC(=O)C(CC(=O)O)S2)CC1. The molecule has 0 spiro atoms. The largest absolute Gasteiger partial charge is 0.481 e. The fourth-order valence-corrected chi connectivity index (χ4v) is 3.69. The van der Waals surface area contributed by atoms with E-state index in [1.807, 2.05) is 0 Å². The van der Waals surface area contributed by atoms with Crippen LogP contribution < -0.4 is 5.32 Å². The van der Waals surface area contributed by atoms with Gasteiger partial charge in [-0.1, -0.05) is 32.5 Å². The molecular weight excluding hydrogens is 302 g/mol. The van der Waals surface area contributed by atoms with E-state index in [0.717, 1.165) is 43.2 Å². The van der Waals surface area contributed by atoms with Crippen molar-refractivity contribution in [3.05, 3.63) is 0 Å². The second kappa shape index (κ2) is 6.81. The standard InChI is InChI=1S/C15H23N3O3S/c1-15(2,3)9-4-6-10(7-5-9)17-18-14-16-13(21)11(22-14)8-12(19)20/h9,11H,4-8H2,1-3H3,(H,19,20)(H,16,18,21). The summed E-state index contributed by atoms with van der Waals surface area (Å²) in [5, 5.41) is 19.5. The van der Waals surface area contributed by atoms with E-state index in [0.29, 0.717) is 16.5 Å². The molecule has 2 rings (SSSR count). The molecule has 0 aromatic rings. The second-order valence-corrected chi connectivity index (χ2v) is 8.10. The third-order valence-corrected chi connectivity index (χ3v) is 5.28. The molecule has 1 amide bonds. The molecule has 0 radical (unpaired) electrons. The van der Waals surface area contributed by atoms with Crippen LogP contribution in [-0.2, 0) is 9.59 Å². The van der Waals surface area contributed by atoms with Gasteiger partial charge in [0.1, 0.15) is 5.25 Å². The molecule has 2 aliphatic rings. The first-order valence-electron chi connectivity index (χ1n) is 7.58. The smallest absolute Gasteiger partial charge is 0.305 e. The van der Waals surface area contributed by atoms with E-state index < -0.39 is 11.2 Å². The molecule has 1 heterocycles. The fourth-order valence-electron chi connectivity index (χ4n) is 2.78. The van der Waals surface area contributed by atoms with Crippen LogP contribution in [0.2, 0.25) is 0 Å². The Morgan fingerprint density at radius 1 is 1.32 bits per heavy atom. The molecule has 1 aliphatic carbocycles. The van der Waals surface area contributed by atoms with Gasteiger partial charge in [0, 0.05) is 5.71 Å². The number of carboxylic acids is 1. The monoisotopic (exact) mass is 325 g/mol. The van der Waals surface area contributed by atoms with Crippen molar-refractivity contribution in [1.29, 1.82) is 0 Å². The Morgan fingerprint density at radius 3 is 2.50 bits per heavy atom. The summed E-state index contributed by atoms with van der Waals surface area (Å²) in [6, 6.07) is 0. The minimum absolute atomic E-state index is 0.195. The van der Waals surface area contributed by atoms with Crippen molar-refractivity contribution in [2.45, 2.75) is 58.1 Å². The van der Waals surface area contributed by atoms with E-state index in [1.54, 1.807) is 0 Å². The summed E-state index contributed by atoms with van der Waals surface area (Å²) in [4.78, 5) is 22.3. The van der Waals surface area contributed by atoms with E-state index in [9.17, 15) is 9.59 Å². The molecule has 1 aliphatic heterocycles. The minimum atomic E-state index is -0.985. The number of carboxylic acid groups (broad SMARTS) is 1. The Labute approximate surface area is 134 Å². The lowest BCUT2D eigenvalue weighted by Crippen LogP contribution is -2.26. The van der Waals surface area contributed by atoms with Gasteiger partial charge in [0.2, 0.25) is 5.91 Å². The Kier molecular flexibility index (Phi) is 5.26. The summed E-state index contributed by atoms with van der Waals surface area (Å²) in [7, 11) is 0. The number of carbonyl (C=O) groups excluding carboxylic acids is 1. The highest BCUT2D eigenvalue weighted by Crippen LogP contribution is 2.36. The van der Waals surface area contributed by atoms with Gasteiger partial charge in [-0.3, -0.25) is 9.59 Å². The molecule has 1 unspecified atom stereocenters. The van der Waals surface area contributed by atoms with Crippen molar-refractivity contribution < 1.29 is 14.7 Å². The van der Waals surface area contributed by atoms with Crippen LogP contribution in [0, 0.1) is 11.3 Å². The van der Waals surface area contributed by atoms with Gasteiger partial charge in [-0.25, -0.2) is 0 Å². The fraction of sp³-hybridized carbons (Fsp3) is 0.733. The first kappa shape index (κ1) is 17.0. The number of thioether (sulfide) groups is 1. The second-order valence-electron chi connectivity index (χ2n) is 6.91. The maximum Gasteiger partial charge on any atom is 0.305 e. The van der Waals surface area contributed by atoms with Gasteiger partial charge < -0.3 is 10.4 Å². The molecule has 1 atom stereocenters. The van der Waals surface area contributed by atoms with E-state index in [1.165, 1.54) is 0 Å². The van der Waals surface area contributed by atoms with Crippen LogP contribution >= 0.6 is 11.8 Å². The lowest BCUT2D eigenvalue weighted by atomic mass is 9.72. The maximum atomic E-state index is 11.6. The molecule has 2 N–H and O–H groups in total. The van der Waals surface area contributed by atoms with Crippen LogP contribution in [0.5, 0.6) is 0 Å². The number of carbonyl (C=O) groups is 2. The number of nitrogens with zero attached hydrogens (tertiary/aromatic N) is 2. The maximum absolute atomic E-state index is 11.6. The van der Waals surface area contributed by atoms with Gasteiger partial charge >= 0.3 is 5.97 Å². The van der Waals surface area contributed by atoms with Crippen LogP contribution in [0.4, 0.5) is 0 Å². The Bertz CT molecular complexity index is 513. The molecule has 0 bridgehead atoms. The predicted octanol–water partition coefficient (Wildman–Crippen LogP) is 2.64. The van der Waals surface area contributed by atoms with E-state index in [4.69, 9.17) is 5.11 Å². The highest BCUT2D eigenvalue weighted by Gasteiger charge is 2.32. The first-order valence-corrected chi connectivity index (χ1v) is 8.46. The molecule has 122 valence electrons. The van der Waals surface area contributed by atoms with Crippen molar-refractivity contribution in [2.75, 3.05) is 0 Å². The van der Waals surface area contributed by atoms with Gasteiger partial charge in [-0.15, -0.1) is 5.10 Å². The lowest BCUT2D eigenvalue weighted by molar-refractivity contribution is -0.138. The van der Waals surface area contributed by atoms with Crippen molar-refractivity contribution in [1.82, 2.24) is 5.32 Å². The van der Waals surface area contributed by atoms with Crippen LogP contribution in [0.15, 0.2) is 10.2 Å². The molecule has 6 nitrogen and oxygen atoms in total. The van der Waals surface area contributed by atoms with E-state index in [2.05, 4.69) is 36.3 Å². The van der Waals surface area contributed by atoms with E-state index in [-0.39, 0.29) is 12.3 Å². The summed E-state index contributed by atoms with van der Waals surface area (Å²) in [6.07, 6.45) is 3.92. The Morgan fingerprint density at radius 2 is 1.95 bits per heavy atom. The molecule has 1 saturated carbocycles. The molecule has 0 aromatic carbocycles. The number of amidine groups is 1. The van der Waals surface area contributed by atoms with Gasteiger partial charge in [-0.05, 0) is 37.0 Å². The summed E-state index contributed by atoms with van der Waals surface area (Å²) in [5.74, 6) is -0.580.